The fourth-order valence-electron chi connectivity index (χ4n) is 2.71. The molecule has 0 radical (unpaired) electrons. The highest BCUT2D eigenvalue weighted by atomic mass is 19.1. The Morgan fingerprint density at radius 1 is 1.00 bits per heavy atom. The van der Waals surface area contributed by atoms with Crippen LogP contribution < -0.4 is 14.8 Å². The van der Waals surface area contributed by atoms with Crippen molar-refractivity contribution in [2.45, 2.75) is 19.4 Å². The van der Waals surface area contributed by atoms with Crippen molar-refractivity contribution in [3.8, 4) is 11.5 Å². The molecule has 140 valence electrons. The number of hydrogen-bond donors (Lipinski definition) is 1. The number of halogens is 1. The Labute approximate surface area is 157 Å². The van der Waals surface area contributed by atoms with Crippen LogP contribution in [0, 0.1) is 5.82 Å². The maximum Gasteiger partial charge on any atom is 0.261 e. The third-order valence-corrected chi connectivity index (χ3v) is 4.15. The summed E-state index contributed by atoms with van der Waals surface area (Å²) >= 11 is 0. The van der Waals surface area contributed by atoms with E-state index in [2.05, 4.69) is 5.32 Å². The maximum absolute atomic E-state index is 12.9. The summed E-state index contributed by atoms with van der Waals surface area (Å²) in [5.41, 5.74) is 0. The fourth-order valence-corrected chi connectivity index (χ4v) is 2.71. The largest absolute Gasteiger partial charge is 0.492 e. The van der Waals surface area contributed by atoms with Gasteiger partial charge in [-0.15, -0.1) is 0 Å². The number of nitrogens with one attached hydrogen (secondary N) is 1. The lowest BCUT2D eigenvalue weighted by Crippen LogP contribution is -2.39. The second-order valence-corrected chi connectivity index (χ2v) is 6.12. The van der Waals surface area contributed by atoms with E-state index >= 15 is 0 Å². The molecular formula is C22H22FNO3. The van der Waals surface area contributed by atoms with E-state index < -0.39 is 6.10 Å². The smallest absolute Gasteiger partial charge is 0.261 e. The van der Waals surface area contributed by atoms with Crippen LogP contribution >= 0.6 is 0 Å². The van der Waals surface area contributed by atoms with Crippen LogP contribution in [-0.2, 0) is 4.79 Å². The van der Waals surface area contributed by atoms with Gasteiger partial charge in [-0.05, 0) is 53.6 Å². The summed E-state index contributed by atoms with van der Waals surface area (Å²) in [5, 5.41) is 5.07. The van der Waals surface area contributed by atoms with Gasteiger partial charge in [-0.2, -0.15) is 0 Å². The number of amides is 1. The van der Waals surface area contributed by atoms with E-state index in [0.29, 0.717) is 25.3 Å². The van der Waals surface area contributed by atoms with Gasteiger partial charge in [-0.25, -0.2) is 4.39 Å². The Bertz CT molecular complexity index is 895. The van der Waals surface area contributed by atoms with Gasteiger partial charge in [-0.3, -0.25) is 4.79 Å². The van der Waals surface area contributed by atoms with Crippen molar-refractivity contribution < 1.29 is 18.7 Å². The van der Waals surface area contributed by atoms with E-state index in [-0.39, 0.29) is 11.7 Å². The summed E-state index contributed by atoms with van der Waals surface area (Å²) in [4.78, 5) is 12.3. The van der Waals surface area contributed by atoms with Crippen LogP contribution in [0.25, 0.3) is 10.8 Å². The molecule has 0 bridgehead atoms. The molecule has 0 saturated carbocycles. The number of hydrogen-bond acceptors (Lipinski definition) is 3. The summed E-state index contributed by atoms with van der Waals surface area (Å²) in [5.74, 6) is 0.665. The zero-order chi connectivity index (χ0) is 19.1. The predicted octanol–water partition coefficient (Wildman–Crippen LogP) is 4.33. The van der Waals surface area contributed by atoms with E-state index in [1.807, 2.05) is 49.4 Å². The molecule has 0 aliphatic rings. The molecule has 27 heavy (non-hydrogen) atoms. The van der Waals surface area contributed by atoms with Crippen LogP contribution in [0.1, 0.15) is 13.3 Å². The third kappa shape index (κ3) is 5.20. The molecular weight excluding hydrogens is 345 g/mol. The second-order valence-electron chi connectivity index (χ2n) is 6.12. The standard InChI is InChI=1S/C22H22FNO3/c1-2-21(27-19-11-8-18(23)9-12-19)22(25)24-13-14-26-20-10-7-16-5-3-4-6-17(16)15-20/h3-12,15,21H,2,13-14H2,1H3,(H,24,25). The molecule has 3 aromatic carbocycles. The lowest BCUT2D eigenvalue weighted by molar-refractivity contribution is -0.128. The molecule has 1 amide bonds. The second kappa shape index (κ2) is 9.03. The van der Waals surface area contributed by atoms with E-state index in [1.54, 1.807) is 0 Å². The van der Waals surface area contributed by atoms with Crippen LogP contribution in [0.4, 0.5) is 4.39 Å². The zero-order valence-corrected chi connectivity index (χ0v) is 15.2. The molecule has 0 fully saturated rings. The zero-order valence-electron chi connectivity index (χ0n) is 15.2. The average Bonchev–Trinajstić information content (AvgIpc) is 2.70. The number of carbonyl (C=O) groups excluding carboxylic acids is 1. The SMILES string of the molecule is CCC(Oc1ccc(F)cc1)C(=O)NCCOc1ccc2ccccc2c1. The van der Waals surface area contributed by atoms with Crippen LogP contribution in [0.3, 0.4) is 0 Å². The molecule has 0 aromatic heterocycles. The Hall–Kier alpha value is -3.08. The van der Waals surface area contributed by atoms with Gasteiger partial charge in [0.1, 0.15) is 23.9 Å². The lowest BCUT2D eigenvalue weighted by Gasteiger charge is -2.17. The summed E-state index contributed by atoms with van der Waals surface area (Å²) < 4.78 is 24.3. The fraction of sp³-hybridized carbons (Fsp3) is 0.227. The van der Waals surface area contributed by atoms with Crippen molar-refractivity contribution >= 4 is 16.7 Å². The predicted molar refractivity (Wildman–Crippen MR) is 104 cm³/mol. The van der Waals surface area contributed by atoms with Crippen molar-refractivity contribution in [2.24, 2.45) is 0 Å². The van der Waals surface area contributed by atoms with Crippen molar-refractivity contribution in [2.75, 3.05) is 13.2 Å². The molecule has 5 heteroatoms. The summed E-state index contributed by atoms with van der Waals surface area (Å²) in [6, 6.07) is 19.6. The molecule has 0 aliphatic heterocycles. The minimum Gasteiger partial charge on any atom is -0.492 e. The first kappa shape index (κ1) is 18.7. The molecule has 0 spiro atoms. The molecule has 1 unspecified atom stereocenters. The van der Waals surface area contributed by atoms with Gasteiger partial charge in [0.15, 0.2) is 6.10 Å². The van der Waals surface area contributed by atoms with Gasteiger partial charge < -0.3 is 14.8 Å². The first-order chi connectivity index (χ1) is 13.2. The molecule has 0 heterocycles. The number of benzene rings is 3. The third-order valence-electron chi connectivity index (χ3n) is 4.15. The monoisotopic (exact) mass is 367 g/mol. The molecule has 0 saturated heterocycles. The van der Waals surface area contributed by atoms with Crippen LogP contribution in [0.5, 0.6) is 11.5 Å². The van der Waals surface area contributed by atoms with Gasteiger partial charge in [-0.1, -0.05) is 37.3 Å². The molecule has 1 atom stereocenters. The molecule has 3 aromatic rings. The molecule has 0 aliphatic carbocycles. The summed E-state index contributed by atoms with van der Waals surface area (Å²) in [7, 11) is 0. The highest BCUT2D eigenvalue weighted by Gasteiger charge is 2.17. The minimum atomic E-state index is -0.629. The highest BCUT2D eigenvalue weighted by Crippen LogP contribution is 2.20. The van der Waals surface area contributed by atoms with E-state index in [9.17, 15) is 9.18 Å². The Morgan fingerprint density at radius 2 is 1.70 bits per heavy atom. The maximum atomic E-state index is 12.9. The number of rotatable bonds is 8. The highest BCUT2D eigenvalue weighted by molar-refractivity contribution is 5.83. The van der Waals surface area contributed by atoms with Crippen molar-refractivity contribution in [1.82, 2.24) is 5.32 Å². The van der Waals surface area contributed by atoms with Crippen LogP contribution in [0.2, 0.25) is 0 Å². The summed E-state index contributed by atoms with van der Waals surface area (Å²) in [6.45, 7) is 2.59. The van der Waals surface area contributed by atoms with Crippen LogP contribution in [-0.4, -0.2) is 25.2 Å². The average molecular weight is 367 g/mol. The normalized spacial score (nSPS) is 11.8. The molecule has 4 nitrogen and oxygen atoms in total. The first-order valence-corrected chi connectivity index (χ1v) is 8.97. The minimum absolute atomic E-state index is 0.219. The first-order valence-electron chi connectivity index (χ1n) is 8.97. The van der Waals surface area contributed by atoms with E-state index in [0.717, 1.165) is 16.5 Å². The van der Waals surface area contributed by atoms with Crippen molar-refractivity contribution in [1.29, 1.82) is 0 Å². The van der Waals surface area contributed by atoms with Crippen LogP contribution in [0.15, 0.2) is 66.7 Å². The van der Waals surface area contributed by atoms with Gasteiger partial charge in [0.2, 0.25) is 0 Å². The van der Waals surface area contributed by atoms with E-state index in [4.69, 9.17) is 9.47 Å². The van der Waals surface area contributed by atoms with E-state index in [1.165, 1.54) is 24.3 Å². The topological polar surface area (TPSA) is 47.6 Å². The Kier molecular flexibility index (Phi) is 6.26. The number of fused-ring (bicyclic) bond motifs is 1. The van der Waals surface area contributed by atoms with Gasteiger partial charge >= 0.3 is 0 Å². The molecule has 3 rings (SSSR count). The quantitative estimate of drug-likeness (QED) is 0.603. The van der Waals surface area contributed by atoms with Crippen molar-refractivity contribution in [3.63, 3.8) is 0 Å². The van der Waals surface area contributed by atoms with Crippen molar-refractivity contribution in [3.05, 3.63) is 72.5 Å². The van der Waals surface area contributed by atoms with Gasteiger partial charge in [0.25, 0.3) is 5.91 Å². The summed E-state index contributed by atoms with van der Waals surface area (Å²) in [6.07, 6.45) is -0.120. The van der Waals surface area contributed by atoms with Gasteiger partial charge in [0.05, 0.1) is 6.54 Å². The number of carbonyl (C=O) groups is 1. The Morgan fingerprint density at radius 3 is 2.44 bits per heavy atom. The van der Waals surface area contributed by atoms with Gasteiger partial charge in [0, 0.05) is 0 Å². The Balaban J connectivity index is 1.46. The lowest BCUT2D eigenvalue weighted by atomic mass is 10.1. The number of ether oxygens (including phenoxy) is 2. The molecule has 1 N–H and O–H groups in total.